The van der Waals surface area contributed by atoms with E-state index in [1.54, 1.807) is 0 Å². The van der Waals surface area contributed by atoms with Crippen LogP contribution in [0.5, 0.6) is 0 Å². The Kier molecular flexibility index (Phi) is 6.92. The first-order valence-corrected chi connectivity index (χ1v) is 22.6. The van der Waals surface area contributed by atoms with Crippen LogP contribution < -0.4 is 9.80 Å². The summed E-state index contributed by atoms with van der Waals surface area (Å²) in [6.45, 7) is 9.62. The summed E-state index contributed by atoms with van der Waals surface area (Å²) in [4.78, 5) is 5.21. The summed E-state index contributed by atoms with van der Waals surface area (Å²) in [5.41, 5.74) is 12.4. The average Bonchev–Trinajstić information content (AvgIpc) is 3.83. The monoisotopic (exact) mass is 804 g/mol. The summed E-state index contributed by atoms with van der Waals surface area (Å²) in [5, 5.41) is 10.3. The van der Waals surface area contributed by atoms with Crippen molar-refractivity contribution in [2.24, 2.45) is 0 Å². The maximum atomic E-state index is 2.61. The molecule has 4 heterocycles. The van der Waals surface area contributed by atoms with Crippen LogP contribution in [-0.2, 0) is 10.8 Å². The highest BCUT2D eigenvalue weighted by Gasteiger charge is 2.41. The molecule has 0 atom stereocenters. The molecule has 11 aromatic rings. The zero-order valence-electron chi connectivity index (χ0n) is 33.9. The molecule has 0 saturated heterocycles. The van der Waals surface area contributed by atoms with E-state index in [2.05, 4.69) is 207 Å². The Balaban J connectivity index is 1.15. The molecule has 9 aromatic carbocycles. The van der Waals surface area contributed by atoms with Crippen LogP contribution in [0.25, 0.3) is 61.9 Å². The van der Waals surface area contributed by atoms with Crippen LogP contribution in [0.15, 0.2) is 170 Å². The molecular weight excluding hydrogens is 765 g/mol. The normalized spacial score (nSPS) is 15.2. The molecule has 0 N–H and O–H groups in total. The minimum absolute atomic E-state index is 0.211. The standard InChI is InChI=1S/C56H40N2S2/c1-55(2)41-23-11-13-25-45(41)57(47-31-51-39(29-43(47)55)33-17-9-15-27-49(33)59-51)53-35-19-5-7-21-37(35)54(38-22-8-6-20-36(38)53)58-46-26-14-12-24-42(46)56(3,4)44-30-40-34-18-10-16-28-50(34)60-52(40)32-48(44)58/h5-32H,1-4H3. The van der Waals surface area contributed by atoms with E-state index in [-0.39, 0.29) is 10.8 Å². The first kappa shape index (κ1) is 34.4. The summed E-state index contributed by atoms with van der Waals surface area (Å²) in [6, 6.07) is 64.3. The minimum atomic E-state index is -0.211. The smallest absolute Gasteiger partial charge is 0.0620 e. The van der Waals surface area contributed by atoms with Crippen molar-refractivity contribution < 1.29 is 0 Å². The van der Waals surface area contributed by atoms with Crippen LogP contribution in [0, 0.1) is 0 Å². The predicted octanol–water partition coefficient (Wildman–Crippen LogP) is 16.9. The SMILES string of the molecule is CC1(C)c2ccccc2N(c2c3ccccc3c(N3c4ccccc4C(C)(C)c4cc5c(cc43)sc3ccccc35)c3ccccc23)c2cc3sc4ccccc4c3cc21. The van der Waals surface area contributed by atoms with Gasteiger partial charge in [0.05, 0.1) is 34.1 Å². The molecule has 0 fully saturated rings. The van der Waals surface area contributed by atoms with Crippen molar-refractivity contribution in [1.29, 1.82) is 0 Å². The van der Waals surface area contributed by atoms with E-state index < -0.39 is 0 Å². The molecule has 286 valence electrons. The molecule has 0 amide bonds. The van der Waals surface area contributed by atoms with Gasteiger partial charge in [-0.2, -0.15) is 0 Å². The second kappa shape index (κ2) is 12.1. The van der Waals surface area contributed by atoms with E-state index in [9.17, 15) is 0 Å². The van der Waals surface area contributed by atoms with Crippen molar-refractivity contribution in [1.82, 2.24) is 0 Å². The fourth-order valence-corrected chi connectivity index (χ4v) is 13.1. The lowest BCUT2D eigenvalue weighted by Crippen LogP contribution is -2.31. The van der Waals surface area contributed by atoms with Gasteiger partial charge in [-0.15, -0.1) is 22.7 Å². The summed E-state index contributed by atoms with van der Waals surface area (Å²) in [6.07, 6.45) is 0. The Labute approximate surface area is 357 Å². The molecule has 4 heteroatoms. The third-order valence-corrected chi connectivity index (χ3v) is 16.0. The van der Waals surface area contributed by atoms with Crippen molar-refractivity contribution in [2.45, 2.75) is 38.5 Å². The van der Waals surface area contributed by atoms with Gasteiger partial charge in [-0.3, -0.25) is 0 Å². The fourth-order valence-electron chi connectivity index (χ4n) is 10.9. The molecule has 0 aliphatic carbocycles. The van der Waals surface area contributed by atoms with Gasteiger partial charge in [0.1, 0.15) is 0 Å². The quantitative estimate of drug-likeness (QED) is 0.161. The molecule has 60 heavy (non-hydrogen) atoms. The molecule has 13 rings (SSSR count). The van der Waals surface area contributed by atoms with Crippen molar-refractivity contribution in [3.8, 4) is 0 Å². The van der Waals surface area contributed by atoms with Gasteiger partial charge in [0, 0.05) is 72.7 Å². The van der Waals surface area contributed by atoms with Gasteiger partial charge in [0.2, 0.25) is 0 Å². The lowest BCUT2D eigenvalue weighted by molar-refractivity contribution is 0.633. The van der Waals surface area contributed by atoms with E-state index in [4.69, 9.17) is 0 Å². The van der Waals surface area contributed by atoms with Crippen LogP contribution in [0.1, 0.15) is 49.9 Å². The third-order valence-electron chi connectivity index (χ3n) is 13.8. The van der Waals surface area contributed by atoms with Crippen LogP contribution in [0.2, 0.25) is 0 Å². The highest BCUT2D eigenvalue weighted by molar-refractivity contribution is 7.26. The van der Waals surface area contributed by atoms with Crippen LogP contribution >= 0.6 is 22.7 Å². The molecule has 0 spiro atoms. The van der Waals surface area contributed by atoms with Crippen molar-refractivity contribution >= 4 is 119 Å². The number of rotatable bonds is 2. The third kappa shape index (κ3) is 4.47. The Morgan fingerprint density at radius 3 is 1.03 bits per heavy atom. The van der Waals surface area contributed by atoms with Crippen LogP contribution in [0.3, 0.4) is 0 Å². The maximum Gasteiger partial charge on any atom is 0.0620 e. The molecule has 0 bridgehead atoms. The van der Waals surface area contributed by atoms with Gasteiger partial charge in [0.25, 0.3) is 0 Å². The zero-order valence-corrected chi connectivity index (χ0v) is 35.5. The van der Waals surface area contributed by atoms with E-state index in [1.165, 1.54) is 118 Å². The predicted molar refractivity (Wildman–Crippen MR) is 261 cm³/mol. The fraction of sp³-hybridized carbons (Fsp3) is 0.107. The van der Waals surface area contributed by atoms with Crippen molar-refractivity contribution in [2.75, 3.05) is 9.80 Å². The van der Waals surface area contributed by atoms with Crippen molar-refractivity contribution in [3.05, 3.63) is 192 Å². The lowest BCUT2D eigenvalue weighted by Gasteiger charge is -2.44. The minimum Gasteiger partial charge on any atom is -0.309 e. The van der Waals surface area contributed by atoms with Crippen LogP contribution in [0.4, 0.5) is 34.1 Å². The number of fused-ring (bicyclic) bond motifs is 12. The second-order valence-corrected chi connectivity index (χ2v) is 19.8. The van der Waals surface area contributed by atoms with Gasteiger partial charge in [-0.1, -0.05) is 149 Å². The highest BCUT2D eigenvalue weighted by Crippen LogP contribution is 2.60. The van der Waals surface area contributed by atoms with Gasteiger partial charge < -0.3 is 9.80 Å². The summed E-state index contributed by atoms with van der Waals surface area (Å²) in [7, 11) is 0. The number of thiophene rings is 2. The van der Waals surface area contributed by atoms with Crippen molar-refractivity contribution in [3.63, 3.8) is 0 Å². The number of benzene rings is 9. The summed E-state index contributed by atoms with van der Waals surface area (Å²) < 4.78 is 5.29. The zero-order chi connectivity index (χ0) is 40.1. The van der Waals surface area contributed by atoms with E-state index in [0.717, 1.165) is 0 Å². The number of nitrogens with zero attached hydrogens (tertiary/aromatic N) is 2. The molecule has 2 aromatic heterocycles. The Bertz CT molecular complexity index is 3340. The van der Waals surface area contributed by atoms with E-state index >= 15 is 0 Å². The number of hydrogen-bond acceptors (Lipinski definition) is 4. The van der Waals surface area contributed by atoms with Gasteiger partial charge >= 0.3 is 0 Å². The Morgan fingerprint density at radius 2 is 0.633 bits per heavy atom. The molecule has 0 radical (unpaired) electrons. The van der Waals surface area contributed by atoms with Crippen LogP contribution in [-0.4, -0.2) is 0 Å². The molecule has 0 unspecified atom stereocenters. The summed E-state index contributed by atoms with van der Waals surface area (Å²) >= 11 is 3.80. The van der Waals surface area contributed by atoms with Gasteiger partial charge in [0.15, 0.2) is 0 Å². The Morgan fingerprint density at radius 1 is 0.300 bits per heavy atom. The molecular formula is C56H40N2S2. The first-order chi connectivity index (χ1) is 29.3. The van der Waals surface area contributed by atoms with E-state index in [1.807, 2.05) is 22.7 Å². The number of anilines is 6. The molecule has 0 saturated carbocycles. The van der Waals surface area contributed by atoms with Gasteiger partial charge in [-0.05, 0) is 70.8 Å². The lowest BCUT2D eigenvalue weighted by atomic mass is 9.72. The molecule has 2 nitrogen and oxygen atoms in total. The Hall–Kier alpha value is -6.46. The highest BCUT2D eigenvalue weighted by atomic mass is 32.1. The number of para-hydroxylation sites is 2. The topological polar surface area (TPSA) is 6.48 Å². The van der Waals surface area contributed by atoms with E-state index in [0.29, 0.717) is 0 Å². The molecule has 2 aliphatic heterocycles. The average molecular weight is 805 g/mol. The first-order valence-electron chi connectivity index (χ1n) is 20.9. The summed E-state index contributed by atoms with van der Waals surface area (Å²) in [5.74, 6) is 0. The number of hydrogen-bond donors (Lipinski definition) is 0. The molecule has 2 aliphatic rings. The largest absolute Gasteiger partial charge is 0.309 e. The van der Waals surface area contributed by atoms with Gasteiger partial charge in [-0.25, -0.2) is 0 Å². The second-order valence-electron chi connectivity index (χ2n) is 17.7. The maximum absolute atomic E-state index is 2.61.